The van der Waals surface area contributed by atoms with Crippen molar-refractivity contribution in [3.05, 3.63) is 207 Å². The topological polar surface area (TPSA) is 36.4 Å². The van der Waals surface area contributed by atoms with E-state index in [0.717, 1.165) is 68.9 Å². The van der Waals surface area contributed by atoms with E-state index in [1.165, 1.54) is 66.7 Å². The van der Waals surface area contributed by atoms with E-state index in [9.17, 15) is 0 Å². The van der Waals surface area contributed by atoms with Gasteiger partial charge in [-0.3, -0.25) is 0 Å². The third-order valence-corrected chi connectivity index (χ3v) is 14.4. The van der Waals surface area contributed by atoms with Crippen molar-refractivity contribution in [3.63, 3.8) is 0 Å². The molecule has 324 valence electrons. The SMILES string of the molecule is CC(C)c1cc(-n2c3ccc(-c4ccccc4)cc3c3ccc(Oc4cccc(-n5cc6c7ccc(n6[c]5=[Pt])CCc5ccc(cc5)CC7)c4)cc32)ncc1-c1ccc(C(C)(C)C)cc1. The van der Waals surface area contributed by atoms with Crippen LogP contribution in [0.15, 0.2) is 170 Å². The standard InChI is InChI=1S/C59H52N4O.Pt/c1-39(2)52-35-58(60-36-54(52)43-21-25-46(26-22-43)59(3,4)5)63-55-31-24-45(42-10-7-6-8-11-42)32-53(55)51-30-29-50(34-56(51)63)64-49-13-9-12-48(33-49)61-37-57-44-20-18-40-14-16-41(17-15-40)19-27-47(28-23-44)62(57)38-61;/h6-17,21-26,28-37,39H,18-20,27H2,1-5H3;. The molecule has 4 bridgehead atoms. The molecule has 65 heavy (non-hydrogen) atoms. The zero-order valence-corrected chi connectivity index (χ0v) is 39.9. The van der Waals surface area contributed by atoms with Gasteiger partial charge in [0.15, 0.2) is 0 Å². The first-order chi connectivity index (χ1) is 31.6. The third kappa shape index (κ3) is 7.70. The van der Waals surface area contributed by atoms with Gasteiger partial charge in [0.05, 0.1) is 0 Å². The number of rotatable bonds is 7. The van der Waals surface area contributed by atoms with Crippen molar-refractivity contribution in [1.82, 2.24) is 18.5 Å². The van der Waals surface area contributed by atoms with Crippen LogP contribution in [-0.2, 0) is 50.5 Å². The molecule has 10 aromatic rings. The van der Waals surface area contributed by atoms with Gasteiger partial charge in [0.1, 0.15) is 0 Å². The van der Waals surface area contributed by atoms with Crippen molar-refractivity contribution < 1.29 is 24.1 Å². The molecule has 0 N–H and O–H groups in total. The van der Waals surface area contributed by atoms with Gasteiger partial charge in [-0.2, -0.15) is 0 Å². The summed E-state index contributed by atoms with van der Waals surface area (Å²) in [5.41, 5.74) is 17.3. The molecule has 0 amide bonds. The van der Waals surface area contributed by atoms with Gasteiger partial charge in [0.25, 0.3) is 0 Å². The summed E-state index contributed by atoms with van der Waals surface area (Å²) in [5, 5.41) is 2.33. The first-order valence-corrected chi connectivity index (χ1v) is 24.0. The summed E-state index contributed by atoms with van der Waals surface area (Å²) in [4.78, 5) is 5.24. The number of ether oxygens (including phenoxy) is 1. The molecule has 2 aliphatic heterocycles. The minimum absolute atomic E-state index is 0.0899. The van der Waals surface area contributed by atoms with Gasteiger partial charge in [-0.15, -0.1) is 0 Å². The van der Waals surface area contributed by atoms with Gasteiger partial charge in [0, 0.05) is 11.8 Å². The average molecular weight is 1030 g/mol. The van der Waals surface area contributed by atoms with Crippen LogP contribution in [0.5, 0.6) is 11.5 Å². The van der Waals surface area contributed by atoms with E-state index in [2.05, 4.69) is 238 Å². The average Bonchev–Trinajstić information content (AvgIpc) is 3.84. The molecular weight excluding hydrogens is 976 g/mol. The molecule has 5 nitrogen and oxygen atoms in total. The fourth-order valence-corrected chi connectivity index (χ4v) is 10.7. The Balaban J connectivity index is 0.995. The van der Waals surface area contributed by atoms with Crippen molar-refractivity contribution in [2.45, 2.75) is 71.6 Å². The molecule has 6 aromatic carbocycles. The van der Waals surface area contributed by atoms with Gasteiger partial charge < -0.3 is 0 Å². The Bertz CT molecular complexity index is 3480. The summed E-state index contributed by atoms with van der Waals surface area (Å²) in [6.45, 7) is 11.3. The van der Waals surface area contributed by atoms with E-state index in [0.29, 0.717) is 0 Å². The molecule has 0 saturated carbocycles. The van der Waals surface area contributed by atoms with Crippen LogP contribution in [0.4, 0.5) is 0 Å². The number of hydrogen-bond acceptors (Lipinski definition) is 2. The van der Waals surface area contributed by atoms with Gasteiger partial charge in [-0.25, -0.2) is 0 Å². The van der Waals surface area contributed by atoms with Crippen molar-refractivity contribution in [2.24, 2.45) is 0 Å². The van der Waals surface area contributed by atoms with Crippen LogP contribution in [0.25, 0.3) is 61.1 Å². The molecule has 14 rings (SSSR count). The molecule has 0 fully saturated rings. The van der Waals surface area contributed by atoms with Crippen molar-refractivity contribution in [3.8, 4) is 45.3 Å². The number of aryl methyl sites for hydroxylation is 4. The summed E-state index contributed by atoms with van der Waals surface area (Å²) in [7, 11) is 0. The second kappa shape index (κ2) is 16.5. The monoisotopic (exact) mass is 1030 g/mol. The van der Waals surface area contributed by atoms with Crippen LogP contribution >= 0.6 is 0 Å². The molecule has 2 aliphatic carbocycles. The number of fused-ring (bicyclic) bond motifs is 3. The molecule has 4 aromatic heterocycles. The second-order valence-electron chi connectivity index (χ2n) is 19.0. The van der Waals surface area contributed by atoms with Gasteiger partial charge in [-0.1, -0.05) is 95.3 Å². The van der Waals surface area contributed by atoms with Crippen LogP contribution in [0.3, 0.4) is 0 Å². The van der Waals surface area contributed by atoms with Crippen molar-refractivity contribution in [2.75, 3.05) is 0 Å². The minimum atomic E-state index is 0.0899. The number of imidazole rings is 1. The van der Waals surface area contributed by atoms with E-state index < -0.39 is 0 Å². The van der Waals surface area contributed by atoms with Crippen LogP contribution in [0.1, 0.15) is 74.0 Å². The van der Waals surface area contributed by atoms with E-state index in [4.69, 9.17) is 9.72 Å². The molecule has 0 spiro atoms. The Hall–Kier alpha value is -6.55. The van der Waals surface area contributed by atoms with Crippen molar-refractivity contribution in [1.29, 1.82) is 0 Å². The third-order valence-electron chi connectivity index (χ3n) is 13.3. The predicted octanol–water partition coefficient (Wildman–Crippen LogP) is 14.7. The molecular formula is C59H52N4OPt. The predicted molar refractivity (Wildman–Crippen MR) is 264 cm³/mol. The molecule has 0 saturated heterocycles. The van der Waals surface area contributed by atoms with Gasteiger partial charge >= 0.3 is 248 Å². The summed E-state index contributed by atoms with van der Waals surface area (Å²) in [6.07, 6.45) is 8.37. The van der Waals surface area contributed by atoms with Crippen LogP contribution in [0, 0.1) is 3.80 Å². The maximum absolute atomic E-state index is 6.83. The van der Waals surface area contributed by atoms with Crippen LogP contribution in [-0.4, -0.2) is 18.5 Å². The minimum Gasteiger partial charge on any atom is -0.0579 e. The fraction of sp³-hybridized carbons (Fsp3) is 0.186. The number of aromatic nitrogens is 4. The molecule has 0 radical (unpaired) electrons. The summed E-state index contributed by atoms with van der Waals surface area (Å²) in [6, 6.07) is 57.6. The molecule has 0 atom stereocenters. The zero-order valence-electron chi connectivity index (χ0n) is 37.6. The smallest absolute Gasteiger partial charge is 0.0579 e. The summed E-state index contributed by atoms with van der Waals surface area (Å²) in [5.74, 6) is 2.73. The summed E-state index contributed by atoms with van der Waals surface area (Å²) < 4.78 is 15.1. The Kier molecular flexibility index (Phi) is 10.4. The number of hydrogen-bond donors (Lipinski definition) is 0. The Morgan fingerprint density at radius 3 is 2.09 bits per heavy atom. The molecule has 6 heteroatoms. The van der Waals surface area contributed by atoms with E-state index >= 15 is 0 Å². The maximum atomic E-state index is 6.83. The summed E-state index contributed by atoms with van der Waals surface area (Å²) >= 11 is 2.50. The number of pyridine rings is 2. The fourth-order valence-electron chi connectivity index (χ4n) is 9.68. The first-order valence-electron chi connectivity index (χ1n) is 22.9. The Morgan fingerprint density at radius 2 is 1.34 bits per heavy atom. The van der Waals surface area contributed by atoms with Gasteiger partial charge in [-0.05, 0) is 39.2 Å². The van der Waals surface area contributed by atoms with Gasteiger partial charge in [0.2, 0.25) is 0 Å². The van der Waals surface area contributed by atoms with E-state index in [1.807, 2.05) is 0 Å². The second-order valence-corrected chi connectivity index (χ2v) is 20.0. The van der Waals surface area contributed by atoms with E-state index in [1.54, 1.807) is 0 Å². The first kappa shape index (κ1) is 41.2. The van der Waals surface area contributed by atoms with Crippen LogP contribution in [0.2, 0.25) is 0 Å². The molecule has 0 unspecified atom stereocenters. The van der Waals surface area contributed by atoms with Crippen LogP contribution < -0.4 is 4.74 Å². The Labute approximate surface area is 392 Å². The van der Waals surface area contributed by atoms with E-state index in [-0.39, 0.29) is 11.3 Å². The molecule has 6 heterocycles. The molecule has 4 aliphatic rings. The quantitative estimate of drug-likeness (QED) is 0.159. The number of benzene rings is 6. The zero-order chi connectivity index (χ0) is 44.4. The number of nitrogens with zero attached hydrogens (tertiary/aromatic N) is 4. The van der Waals surface area contributed by atoms with Crippen molar-refractivity contribution >= 4 is 27.3 Å². The Morgan fingerprint density at radius 1 is 0.600 bits per heavy atom. The normalized spacial score (nSPS) is 13.0.